The first kappa shape index (κ1) is 13.9. The Balaban J connectivity index is 2.26. The fourth-order valence-electron chi connectivity index (χ4n) is 2.53. The van der Waals surface area contributed by atoms with Gasteiger partial charge in [-0.15, -0.1) is 0 Å². The molecule has 3 rings (SSSR count). The highest BCUT2D eigenvalue weighted by atomic mass is 79.9. The molecule has 2 aromatic carbocycles. The molecule has 3 nitrogen and oxygen atoms in total. The number of aromatic nitrogens is 2. The second-order valence-electron chi connectivity index (χ2n) is 4.76. The second kappa shape index (κ2) is 5.74. The molecule has 21 heavy (non-hydrogen) atoms. The molecular weight excluding hydrogens is 328 g/mol. The van der Waals surface area contributed by atoms with Crippen molar-refractivity contribution in [3.63, 3.8) is 0 Å². The molecule has 0 amide bonds. The largest absolute Gasteiger partial charge is 0.333 e. The molecule has 106 valence electrons. The van der Waals surface area contributed by atoms with E-state index in [1.807, 2.05) is 54.6 Å². The average molecular weight is 343 g/mol. The van der Waals surface area contributed by atoms with Gasteiger partial charge in [0.15, 0.2) is 0 Å². The van der Waals surface area contributed by atoms with Crippen LogP contribution in [0, 0.1) is 0 Å². The molecule has 0 radical (unpaired) electrons. The summed E-state index contributed by atoms with van der Waals surface area (Å²) in [5.74, 6) is 0. The van der Waals surface area contributed by atoms with Crippen molar-refractivity contribution < 1.29 is 0 Å². The molecule has 0 bridgehead atoms. The van der Waals surface area contributed by atoms with Crippen molar-refractivity contribution in [2.24, 2.45) is 0 Å². The third-order valence-electron chi connectivity index (χ3n) is 3.52. The zero-order valence-corrected chi connectivity index (χ0v) is 13.1. The summed E-state index contributed by atoms with van der Waals surface area (Å²) in [6.07, 6.45) is 0. The molecule has 0 atom stereocenters. The number of fused-ring (bicyclic) bond motifs is 1. The maximum absolute atomic E-state index is 12.7. The number of hydrogen-bond donors (Lipinski definition) is 0. The first-order valence-electron chi connectivity index (χ1n) is 6.75. The molecule has 1 heterocycles. The molecule has 3 aromatic rings. The van der Waals surface area contributed by atoms with E-state index in [2.05, 4.69) is 22.5 Å². The normalized spacial score (nSPS) is 10.9. The Labute approximate surface area is 131 Å². The fraction of sp³-hybridized carbons (Fsp3) is 0.118. The van der Waals surface area contributed by atoms with Gasteiger partial charge in [0.1, 0.15) is 0 Å². The predicted octanol–water partition coefficient (Wildman–Crippen LogP) is 3.72. The van der Waals surface area contributed by atoms with Crippen molar-refractivity contribution in [2.75, 3.05) is 5.33 Å². The van der Waals surface area contributed by atoms with Crippen LogP contribution in [0.25, 0.3) is 16.7 Å². The molecule has 0 N–H and O–H groups in total. The van der Waals surface area contributed by atoms with Crippen molar-refractivity contribution in [1.82, 2.24) is 9.13 Å². The number of nitrogens with zero attached hydrogens (tertiary/aromatic N) is 2. The summed E-state index contributed by atoms with van der Waals surface area (Å²) >= 11 is 3.41. The Morgan fingerprint density at radius 3 is 2.29 bits per heavy atom. The zero-order valence-electron chi connectivity index (χ0n) is 11.5. The number of aryl methyl sites for hydroxylation is 1. The first-order valence-corrected chi connectivity index (χ1v) is 7.87. The zero-order chi connectivity index (χ0) is 14.8. The van der Waals surface area contributed by atoms with Crippen LogP contribution in [0.1, 0.15) is 5.56 Å². The van der Waals surface area contributed by atoms with Gasteiger partial charge in [0, 0.05) is 11.9 Å². The van der Waals surface area contributed by atoms with E-state index in [-0.39, 0.29) is 5.69 Å². The van der Waals surface area contributed by atoms with E-state index in [0.717, 1.165) is 21.9 Å². The summed E-state index contributed by atoms with van der Waals surface area (Å²) in [5.41, 5.74) is 3.41. The number of imidazole rings is 1. The van der Waals surface area contributed by atoms with Gasteiger partial charge in [-0.05, 0) is 17.7 Å². The molecule has 1 aromatic heterocycles. The van der Waals surface area contributed by atoms with Gasteiger partial charge in [-0.3, -0.25) is 9.13 Å². The highest BCUT2D eigenvalue weighted by Gasteiger charge is 2.15. The van der Waals surface area contributed by atoms with Crippen molar-refractivity contribution in [3.05, 3.63) is 77.2 Å². The van der Waals surface area contributed by atoms with E-state index in [1.54, 1.807) is 9.13 Å². The maximum atomic E-state index is 12.7. The van der Waals surface area contributed by atoms with Crippen LogP contribution in [-0.4, -0.2) is 14.5 Å². The highest BCUT2D eigenvalue weighted by molar-refractivity contribution is 9.09. The molecule has 0 saturated heterocycles. The van der Waals surface area contributed by atoms with E-state index < -0.39 is 0 Å². The Kier molecular flexibility index (Phi) is 3.80. The molecule has 0 fully saturated rings. The van der Waals surface area contributed by atoms with Gasteiger partial charge in [0.25, 0.3) is 0 Å². The van der Waals surface area contributed by atoms with Crippen LogP contribution in [0.4, 0.5) is 0 Å². The van der Waals surface area contributed by atoms with Crippen molar-refractivity contribution in [2.45, 2.75) is 6.54 Å². The van der Waals surface area contributed by atoms with Gasteiger partial charge in [0.2, 0.25) is 0 Å². The van der Waals surface area contributed by atoms with E-state index in [1.165, 1.54) is 0 Å². The third-order valence-corrected chi connectivity index (χ3v) is 3.88. The summed E-state index contributed by atoms with van der Waals surface area (Å²) in [5, 5.41) is 0.735. The lowest BCUT2D eigenvalue weighted by molar-refractivity contribution is 0.748. The minimum atomic E-state index is -0.0514. The van der Waals surface area contributed by atoms with Gasteiger partial charge in [-0.2, -0.15) is 0 Å². The molecule has 0 aliphatic carbocycles. The summed E-state index contributed by atoms with van der Waals surface area (Å²) < 4.78 is 3.46. The molecule has 0 saturated carbocycles. The molecule has 0 spiro atoms. The van der Waals surface area contributed by atoms with Crippen molar-refractivity contribution >= 4 is 32.7 Å². The lowest BCUT2D eigenvalue weighted by Gasteiger charge is -2.07. The monoisotopic (exact) mass is 342 g/mol. The number of para-hydroxylation sites is 2. The lowest BCUT2D eigenvalue weighted by atomic mass is 10.1. The minimum absolute atomic E-state index is 0.0514. The molecule has 4 heteroatoms. The van der Waals surface area contributed by atoms with Crippen LogP contribution in [0.5, 0.6) is 0 Å². The Morgan fingerprint density at radius 2 is 1.62 bits per heavy atom. The Morgan fingerprint density at radius 1 is 1.00 bits per heavy atom. The fourth-order valence-corrected chi connectivity index (χ4v) is 2.88. The summed E-state index contributed by atoms with van der Waals surface area (Å²) in [7, 11) is 0. The third kappa shape index (κ3) is 2.36. The van der Waals surface area contributed by atoms with E-state index in [9.17, 15) is 4.79 Å². The van der Waals surface area contributed by atoms with Gasteiger partial charge < -0.3 is 0 Å². The highest BCUT2D eigenvalue weighted by Crippen LogP contribution is 2.20. The summed E-state index contributed by atoms with van der Waals surface area (Å²) in [6, 6.07) is 17.6. The van der Waals surface area contributed by atoms with Gasteiger partial charge in [-0.25, -0.2) is 4.79 Å². The topological polar surface area (TPSA) is 26.9 Å². The van der Waals surface area contributed by atoms with Crippen LogP contribution in [-0.2, 0) is 6.54 Å². The minimum Gasteiger partial charge on any atom is -0.291 e. The number of benzene rings is 2. The smallest absolute Gasteiger partial charge is 0.291 e. The van der Waals surface area contributed by atoms with Crippen molar-refractivity contribution in [3.8, 4) is 0 Å². The van der Waals surface area contributed by atoms with Crippen molar-refractivity contribution in [1.29, 1.82) is 0 Å². The summed E-state index contributed by atoms with van der Waals surface area (Å²) in [6.45, 7) is 4.75. The standard InChI is InChI=1S/C17H15BrN2O/c1-13(14-7-3-2-4-8-14)20-16-10-6-5-9-15(16)19(12-11-18)17(20)21/h2-10H,1,11-12H2. The number of hydrogen-bond acceptors (Lipinski definition) is 1. The van der Waals surface area contributed by atoms with E-state index in [4.69, 9.17) is 0 Å². The molecular formula is C17H15BrN2O. The molecule has 0 unspecified atom stereocenters. The van der Waals surface area contributed by atoms with Gasteiger partial charge >= 0.3 is 5.69 Å². The predicted molar refractivity (Wildman–Crippen MR) is 90.9 cm³/mol. The lowest BCUT2D eigenvalue weighted by Crippen LogP contribution is -2.24. The second-order valence-corrected chi connectivity index (χ2v) is 5.55. The van der Waals surface area contributed by atoms with Gasteiger partial charge in [0.05, 0.1) is 16.7 Å². The van der Waals surface area contributed by atoms with E-state index in [0.29, 0.717) is 12.2 Å². The Hall–Kier alpha value is -2.07. The average Bonchev–Trinajstić information content (AvgIpc) is 2.81. The number of alkyl halides is 1. The first-order chi connectivity index (χ1) is 10.2. The van der Waals surface area contributed by atoms with Crippen LogP contribution in [0.15, 0.2) is 66.0 Å². The number of halogens is 1. The SMILES string of the molecule is C=C(c1ccccc1)n1c(=O)n(CCBr)c2ccccc21. The molecule has 0 aliphatic heterocycles. The quantitative estimate of drug-likeness (QED) is 0.664. The van der Waals surface area contributed by atoms with Gasteiger partial charge in [-0.1, -0.05) is 65.0 Å². The van der Waals surface area contributed by atoms with Crippen LogP contribution in [0.2, 0.25) is 0 Å². The van der Waals surface area contributed by atoms with E-state index >= 15 is 0 Å². The van der Waals surface area contributed by atoms with Crippen LogP contribution < -0.4 is 5.69 Å². The maximum Gasteiger partial charge on any atom is 0.333 e. The van der Waals surface area contributed by atoms with Crippen LogP contribution >= 0.6 is 15.9 Å². The molecule has 0 aliphatic rings. The summed E-state index contributed by atoms with van der Waals surface area (Å²) in [4.78, 5) is 12.7. The Bertz CT molecular complexity index is 846. The van der Waals surface area contributed by atoms with Crippen LogP contribution in [0.3, 0.4) is 0 Å². The number of rotatable bonds is 4.